The van der Waals surface area contributed by atoms with Crippen LogP contribution in [0.3, 0.4) is 0 Å². The van der Waals surface area contributed by atoms with Crippen molar-refractivity contribution < 1.29 is 19.1 Å². The Morgan fingerprint density at radius 1 is 0.684 bits per heavy atom. The molecule has 0 amide bonds. The fourth-order valence-corrected chi connectivity index (χ4v) is 6.91. The van der Waals surface area contributed by atoms with E-state index in [9.17, 15) is 9.59 Å². The number of esters is 2. The number of piperidine rings is 2. The van der Waals surface area contributed by atoms with Crippen molar-refractivity contribution in [3.63, 3.8) is 0 Å². The van der Waals surface area contributed by atoms with Gasteiger partial charge in [0, 0.05) is 54.3 Å². The van der Waals surface area contributed by atoms with Gasteiger partial charge in [-0.1, -0.05) is 32.6 Å². The first-order valence-electron chi connectivity index (χ1n) is 15.3. The molecule has 0 aliphatic carbocycles. The summed E-state index contributed by atoms with van der Waals surface area (Å²) >= 11 is 0. The molecule has 0 aromatic heterocycles. The van der Waals surface area contributed by atoms with Crippen molar-refractivity contribution in [1.29, 1.82) is 0 Å². The van der Waals surface area contributed by atoms with Crippen molar-refractivity contribution in [3.8, 4) is 0 Å². The van der Waals surface area contributed by atoms with Crippen LogP contribution in [0.15, 0.2) is 0 Å². The quantitative estimate of drug-likeness (QED) is 0.195. The average Bonchev–Trinajstić information content (AvgIpc) is 2.76. The van der Waals surface area contributed by atoms with E-state index < -0.39 is 0 Å². The second kappa shape index (κ2) is 13.0. The number of nitrogens with zero attached hydrogens (tertiary/aromatic N) is 2. The number of carbonyl (C=O) groups excluding carboxylic acids is 2. The summed E-state index contributed by atoms with van der Waals surface area (Å²) in [5, 5.41) is 0. The number of ether oxygens (including phenoxy) is 2. The number of hydrogen-bond acceptors (Lipinski definition) is 6. The first kappa shape index (κ1) is 33.1. The summed E-state index contributed by atoms with van der Waals surface area (Å²) in [7, 11) is 4.34. The third kappa shape index (κ3) is 8.94. The van der Waals surface area contributed by atoms with Crippen LogP contribution >= 0.6 is 0 Å². The molecule has 0 saturated carbocycles. The summed E-state index contributed by atoms with van der Waals surface area (Å²) in [6.45, 7) is 20.0. The smallest absolute Gasteiger partial charge is 0.309 e. The summed E-state index contributed by atoms with van der Waals surface area (Å²) in [6.07, 6.45) is 10.8. The number of carbonyl (C=O) groups is 2. The van der Waals surface area contributed by atoms with Crippen LogP contribution in [0, 0.1) is 5.92 Å². The maximum absolute atomic E-state index is 13.0. The van der Waals surface area contributed by atoms with Crippen LogP contribution in [-0.2, 0) is 19.1 Å². The zero-order valence-corrected chi connectivity index (χ0v) is 26.7. The van der Waals surface area contributed by atoms with Crippen LogP contribution in [0.4, 0.5) is 0 Å². The molecule has 2 rings (SSSR count). The van der Waals surface area contributed by atoms with Gasteiger partial charge in [0.2, 0.25) is 0 Å². The number of unbranched alkanes of at least 4 members (excludes halogenated alkanes) is 4. The molecule has 0 bridgehead atoms. The molecule has 1 unspecified atom stereocenters. The maximum Gasteiger partial charge on any atom is 0.309 e. The number of likely N-dealkylation sites (tertiary alicyclic amines) is 2. The molecule has 222 valence electrons. The molecular weight excluding hydrogens is 476 g/mol. The largest absolute Gasteiger partial charge is 0.462 e. The van der Waals surface area contributed by atoms with Gasteiger partial charge in [0.1, 0.15) is 12.2 Å². The zero-order valence-electron chi connectivity index (χ0n) is 26.7. The van der Waals surface area contributed by atoms with E-state index >= 15 is 0 Å². The van der Waals surface area contributed by atoms with Crippen LogP contribution in [-0.4, -0.2) is 70.2 Å². The van der Waals surface area contributed by atoms with Gasteiger partial charge in [-0.2, -0.15) is 0 Å². The molecule has 2 aliphatic rings. The summed E-state index contributed by atoms with van der Waals surface area (Å²) in [5.74, 6) is -0.0873. The Kier molecular flexibility index (Phi) is 11.3. The number of rotatable bonds is 12. The third-order valence-corrected chi connectivity index (χ3v) is 9.88. The van der Waals surface area contributed by atoms with Crippen LogP contribution in [0.2, 0.25) is 0 Å². The average molecular weight is 537 g/mol. The predicted octanol–water partition coefficient (Wildman–Crippen LogP) is 7.13. The van der Waals surface area contributed by atoms with Gasteiger partial charge in [0.25, 0.3) is 0 Å². The summed E-state index contributed by atoms with van der Waals surface area (Å²) in [4.78, 5) is 30.3. The van der Waals surface area contributed by atoms with E-state index in [0.717, 1.165) is 70.6 Å². The van der Waals surface area contributed by atoms with Crippen LogP contribution in [0.1, 0.15) is 139 Å². The van der Waals surface area contributed by atoms with Gasteiger partial charge >= 0.3 is 11.9 Å². The highest BCUT2D eigenvalue weighted by Gasteiger charge is 2.45. The Morgan fingerprint density at radius 3 is 1.53 bits per heavy atom. The highest BCUT2D eigenvalue weighted by Crippen LogP contribution is 2.39. The fourth-order valence-electron chi connectivity index (χ4n) is 6.91. The molecule has 38 heavy (non-hydrogen) atoms. The molecule has 2 aliphatic heterocycles. The van der Waals surface area contributed by atoms with Crippen molar-refractivity contribution in [1.82, 2.24) is 9.80 Å². The molecule has 0 aromatic carbocycles. The molecule has 0 spiro atoms. The van der Waals surface area contributed by atoms with Crippen LogP contribution in [0.25, 0.3) is 0 Å². The molecule has 2 fully saturated rings. The van der Waals surface area contributed by atoms with Crippen LogP contribution in [0.5, 0.6) is 0 Å². The van der Waals surface area contributed by atoms with Crippen molar-refractivity contribution in [2.75, 3.05) is 14.1 Å². The highest BCUT2D eigenvalue weighted by atomic mass is 16.5. The summed E-state index contributed by atoms with van der Waals surface area (Å²) in [5.41, 5.74) is 0.0772. The molecule has 1 atom stereocenters. The van der Waals surface area contributed by atoms with Gasteiger partial charge in [0.05, 0.1) is 5.92 Å². The van der Waals surface area contributed by atoms with Gasteiger partial charge in [-0.05, 0) is 88.7 Å². The normalized spacial score (nSPS) is 24.6. The SMILES string of the molecule is CCC(CCCCCCCC(=O)OC1CC(C)(C)N(C)C(C)(C)C1)C(=O)OC1CC(C)(C)N(C)C(C)(C)C1. The van der Waals surface area contributed by atoms with Gasteiger partial charge in [-0.15, -0.1) is 0 Å². The van der Waals surface area contributed by atoms with Gasteiger partial charge in [0.15, 0.2) is 0 Å². The van der Waals surface area contributed by atoms with Gasteiger partial charge in [-0.3, -0.25) is 19.4 Å². The fraction of sp³-hybridized carbons (Fsp3) is 0.938. The van der Waals surface area contributed by atoms with Crippen molar-refractivity contribution in [3.05, 3.63) is 0 Å². The Labute approximate surface area is 234 Å². The van der Waals surface area contributed by atoms with E-state index in [1.54, 1.807) is 0 Å². The minimum Gasteiger partial charge on any atom is -0.462 e. The van der Waals surface area contributed by atoms with Crippen LogP contribution < -0.4 is 0 Å². The Morgan fingerprint density at radius 2 is 1.08 bits per heavy atom. The summed E-state index contributed by atoms with van der Waals surface area (Å²) in [6, 6.07) is 0. The molecule has 0 aromatic rings. The third-order valence-electron chi connectivity index (χ3n) is 9.88. The van der Waals surface area contributed by atoms with Gasteiger partial charge in [-0.25, -0.2) is 0 Å². The topological polar surface area (TPSA) is 59.1 Å². The maximum atomic E-state index is 13.0. The van der Waals surface area contributed by atoms with E-state index in [1.165, 1.54) is 0 Å². The predicted molar refractivity (Wildman–Crippen MR) is 156 cm³/mol. The van der Waals surface area contributed by atoms with E-state index in [4.69, 9.17) is 9.47 Å². The zero-order chi connectivity index (χ0) is 28.9. The Bertz CT molecular complexity index is 752. The molecule has 2 heterocycles. The van der Waals surface area contributed by atoms with Crippen molar-refractivity contribution in [2.45, 2.75) is 174 Å². The second-order valence-electron chi connectivity index (χ2n) is 14.8. The first-order chi connectivity index (χ1) is 17.4. The molecule has 6 nitrogen and oxygen atoms in total. The molecular formula is C32H60N2O4. The van der Waals surface area contributed by atoms with E-state index in [2.05, 4.69) is 86.2 Å². The lowest BCUT2D eigenvalue weighted by Crippen LogP contribution is -2.60. The first-order valence-corrected chi connectivity index (χ1v) is 15.3. The monoisotopic (exact) mass is 536 g/mol. The van der Waals surface area contributed by atoms with E-state index in [-0.39, 0.29) is 52.2 Å². The minimum absolute atomic E-state index is 0.00102. The second-order valence-corrected chi connectivity index (χ2v) is 14.8. The van der Waals surface area contributed by atoms with E-state index in [1.807, 2.05) is 0 Å². The lowest BCUT2D eigenvalue weighted by atomic mass is 9.78. The van der Waals surface area contributed by atoms with Crippen molar-refractivity contribution >= 4 is 11.9 Å². The Balaban J connectivity index is 1.64. The molecule has 6 heteroatoms. The lowest BCUT2D eigenvalue weighted by molar-refractivity contribution is -0.164. The molecule has 0 radical (unpaired) electrons. The Hall–Kier alpha value is -1.14. The minimum atomic E-state index is -0.0554. The van der Waals surface area contributed by atoms with Crippen molar-refractivity contribution in [2.24, 2.45) is 5.92 Å². The molecule has 2 saturated heterocycles. The standard InChI is InChI=1S/C32H60N2O4/c1-12-24(28(36)38-26-22-31(6,7)34(11)32(8,9)23-26)18-16-14-13-15-17-19-27(35)37-25-20-29(2,3)33(10)30(4,5)21-25/h24-26H,12-23H2,1-11H3. The van der Waals surface area contributed by atoms with Gasteiger partial charge < -0.3 is 9.47 Å². The number of hydrogen-bond donors (Lipinski definition) is 0. The molecule has 0 N–H and O–H groups in total. The lowest BCUT2D eigenvalue weighted by Gasteiger charge is -2.53. The van der Waals surface area contributed by atoms with E-state index in [0.29, 0.717) is 6.42 Å². The highest BCUT2D eigenvalue weighted by molar-refractivity contribution is 5.72. The summed E-state index contributed by atoms with van der Waals surface area (Å²) < 4.78 is 11.9.